The number of hydrogen-bond donors (Lipinski definition) is 1. The third-order valence-electron chi connectivity index (χ3n) is 1.19. The summed E-state index contributed by atoms with van der Waals surface area (Å²) in [5, 5.41) is 2.43. The van der Waals surface area contributed by atoms with E-state index in [1.807, 2.05) is 0 Å². The summed E-state index contributed by atoms with van der Waals surface area (Å²) in [6.07, 6.45) is 0. The minimum absolute atomic E-state index is 0.235. The Labute approximate surface area is 59.9 Å². The predicted octanol–water partition coefficient (Wildman–Crippen LogP) is -0.215. The first-order valence-electron chi connectivity index (χ1n) is 2.60. The molecule has 1 atom stereocenters. The molecule has 1 aromatic rings. The van der Waals surface area contributed by atoms with Crippen molar-refractivity contribution in [3.8, 4) is 0 Å². The molecule has 0 bridgehead atoms. The van der Waals surface area contributed by atoms with Gasteiger partial charge >= 0.3 is 5.76 Å². The quantitative estimate of drug-likeness (QED) is 0.458. The van der Waals surface area contributed by atoms with E-state index in [9.17, 15) is 4.79 Å². The summed E-state index contributed by atoms with van der Waals surface area (Å²) in [7, 11) is 0. The lowest BCUT2D eigenvalue weighted by molar-refractivity contribution is 0.346. The fourth-order valence-electron chi connectivity index (χ4n) is 0.591. The number of hydrogen-bond acceptors (Lipinski definition) is 4. The second kappa shape index (κ2) is 1.62. The number of rotatable bonds is 1. The second-order valence-electron chi connectivity index (χ2n) is 1.96. The van der Waals surface area contributed by atoms with Crippen molar-refractivity contribution in [2.24, 2.45) is 0 Å². The number of halogens is 1. The minimum Gasteiger partial charge on any atom is -0.346 e. The standard InChI is InChI=1S/C4H3ClN2O3/c5-4(1-9-4)2-6-3(8)10-7-2/h1H2,(H,6,7,8). The van der Waals surface area contributed by atoms with Crippen molar-refractivity contribution >= 4 is 11.6 Å². The second-order valence-corrected chi connectivity index (χ2v) is 2.57. The monoisotopic (exact) mass is 162 g/mol. The lowest BCUT2D eigenvalue weighted by Gasteiger charge is -1.90. The van der Waals surface area contributed by atoms with Gasteiger partial charge in [-0.1, -0.05) is 16.8 Å². The number of alkyl halides is 1. The molecular formula is C4H3ClN2O3. The van der Waals surface area contributed by atoms with Crippen LogP contribution in [0.2, 0.25) is 0 Å². The molecule has 1 saturated heterocycles. The molecule has 1 aliphatic heterocycles. The lowest BCUT2D eigenvalue weighted by Crippen LogP contribution is -2.04. The molecule has 1 unspecified atom stereocenters. The van der Waals surface area contributed by atoms with Gasteiger partial charge in [-0.15, -0.1) is 0 Å². The number of ether oxygens (including phenoxy) is 1. The van der Waals surface area contributed by atoms with Crippen molar-refractivity contribution < 1.29 is 9.26 Å². The average Bonchev–Trinajstić information content (AvgIpc) is 2.45. The summed E-state index contributed by atoms with van der Waals surface area (Å²) in [6, 6.07) is 0. The Kier molecular flexibility index (Phi) is 0.959. The summed E-state index contributed by atoms with van der Waals surface area (Å²) in [6.45, 7) is 0.358. The van der Waals surface area contributed by atoms with E-state index in [-0.39, 0.29) is 5.82 Å². The number of H-pyrrole nitrogens is 1. The molecule has 0 amide bonds. The molecule has 0 radical (unpaired) electrons. The Morgan fingerprint density at radius 1 is 1.80 bits per heavy atom. The van der Waals surface area contributed by atoms with Gasteiger partial charge in [0, 0.05) is 0 Å². The molecule has 2 heterocycles. The van der Waals surface area contributed by atoms with E-state index in [0.29, 0.717) is 6.61 Å². The zero-order valence-electron chi connectivity index (χ0n) is 4.76. The van der Waals surface area contributed by atoms with E-state index in [1.54, 1.807) is 0 Å². The van der Waals surface area contributed by atoms with Crippen molar-refractivity contribution in [2.45, 2.75) is 5.06 Å². The van der Waals surface area contributed by atoms with E-state index in [1.165, 1.54) is 0 Å². The van der Waals surface area contributed by atoms with Crippen LogP contribution in [0.4, 0.5) is 0 Å². The van der Waals surface area contributed by atoms with Crippen LogP contribution in [0.5, 0.6) is 0 Å². The summed E-state index contributed by atoms with van der Waals surface area (Å²) in [5.41, 5.74) is 0. The maximum Gasteiger partial charge on any atom is 0.439 e. The third kappa shape index (κ3) is 0.748. The molecule has 1 aliphatic rings. The van der Waals surface area contributed by atoms with E-state index in [0.717, 1.165) is 0 Å². The lowest BCUT2D eigenvalue weighted by atomic mass is 10.4. The normalized spacial score (nSPS) is 30.5. The molecule has 0 aromatic carbocycles. The fourth-order valence-corrected chi connectivity index (χ4v) is 0.727. The molecule has 0 aliphatic carbocycles. The summed E-state index contributed by atoms with van der Waals surface area (Å²) < 4.78 is 8.97. The van der Waals surface area contributed by atoms with Gasteiger partial charge in [-0.25, -0.2) is 4.79 Å². The first kappa shape index (κ1) is 5.94. The first-order valence-corrected chi connectivity index (χ1v) is 2.98. The van der Waals surface area contributed by atoms with Crippen molar-refractivity contribution in [2.75, 3.05) is 6.61 Å². The molecule has 54 valence electrons. The Balaban J connectivity index is 2.43. The Morgan fingerprint density at radius 2 is 2.50 bits per heavy atom. The van der Waals surface area contributed by atoms with Crippen LogP contribution in [0.25, 0.3) is 0 Å². The topological polar surface area (TPSA) is 71.4 Å². The molecule has 5 nitrogen and oxygen atoms in total. The zero-order chi connectivity index (χ0) is 7.19. The maximum absolute atomic E-state index is 10.4. The highest BCUT2D eigenvalue weighted by atomic mass is 35.5. The van der Waals surface area contributed by atoms with Gasteiger partial charge in [0.05, 0.1) is 0 Å². The van der Waals surface area contributed by atoms with Crippen LogP contribution < -0.4 is 5.76 Å². The largest absolute Gasteiger partial charge is 0.439 e. The first-order chi connectivity index (χ1) is 4.71. The van der Waals surface area contributed by atoms with E-state index >= 15 is 0 Å². The van der Waals surface area contributed by atoms with Gasteiger partial charge in [0.2, 0.25) is 10.9 Å². The van der Waals surface area contributed by atoms with Crippen LogP contribution in [-0.2, 0) is 9.80 Å². The number of aromatic amines is 1. The van der Waals surface area contributed by atoms with Gasteiger partial charge in [-0.2, -0.15) is 0 Å². The predicted molar refractivity (Wildman–Crippen MR) is 30.6 cm³/mol. The molecule has 0 spiro atoms. The van der Waals surface area contributed by atoms with Crippen LogP contribution in [0.15, 0.2) is 9.32 Å². The van der Waals surface area contributed by atoms with E-state index in [4.69, 9.17) is 16.3 Å². The molecule has 1 N–H and O–H groups in total. The molecule has 2 rings (SSSR count). The highest BCUT2D eigenvalue weighted by Crippen LogP contribution is 2.40. The van der Waals surface area contributed by atoms with Gasteiger partial charge in [0.1, 0.15) is 6.61 Å². The summed E-state index contributed by atoms with van der Waals surface area (Å²) >= 11 is 5.67. The van der Waals surface area contributed by atoms with Crippen LogP contribution in [0.3, 0.4) is 0 Å². The van der Waals surface area contributed by atoms with Crippen LogP contribution in [-0.4, -0.2) is 16.7 Å². The van der Waals surface area contributed by atoms with Crippen molar-refractivity contribution in [3.63, 3.8) is 0 Å². The number of epoxide rings is 1. The summed E-state index contributed by atoms with van der Waals surface area (Å²) in [4.78, 5) is 12.7. The van der Waals surface area contributed by atoms with Crippen molar-refractivity contribution in [3.05, 3.63) is 16.4 Å². The number of nitrogens with one attached hydrogen (secondary N) is 1. The Morgan fingerprint density at radius 3 is 2.90 bits per heavy atom. The van der Waals surface area contributed by atoms with Gasteiger partial charge in [0.15, 0.2) is 0 Å². The SMILES string of the molecule is O=c1[nH]c(C2(Cl)CO2)no1. The average molecular weight is 163 g/mol. The zero-order valence-corrected chi connectivity index (χ0v) is 5.51. The van der Waals surface area contributed by atoms with Crippen molar-refractivity contribution in [1.82, 2.24) is 10.1 Å². The molecule has 6 heteroatoms. The molecular weight excluding hydrogens is 160 g/mol. The Bertz CT molecular complexity index is 299. The Hall–Kier alpha value is -0.810. The van der Waals surface area contributed by atoms with Gasteiger partial charge in [-0.3, -0.25) is 9.51 Å². The van der Waals surface area contributed by atoms with Crippen LogP contribution in [0.1, 0.15) is 5.82 Å². The van der Waals surface area contributed by atoms with Crippen LogP contribution >= 0.6 is 11.6 Å². The smallest absolute Gasteiger partial charge is 0.346 e. The van der Waals surface area contributed by atoms with E-state index in [2.05, 4.69) is 14.7 Å². The minimum atomic E-state index is -0.924. The highest BCUT2D eigenvalue weighted by Gasteiger charge is 2.48. The third-order valence-corrected chi connectivity index (χ3v) is 1.59. The molecule has 0 saturated carbocycles. The number of nitrogens with zero attached hydrogens (tertiary/aromatic N) is 1. The number of aromatic nitrogens is 2. The van der Waals surface area contributed by atoms with Crippen LogP contribution in [0, 0.1) is 0 Å². The van der Waals surface area contributed by atoms with Crippen molar-refractivity contribution in [1.29, 1.82) is 0 Å². The van der Waals surface area contributed by atoms with Gasteiger partial charge in [0.25, 0.3) is 0 Å². The summed E-state index contributed by atoms with van der Waals surface area (Å²) in [5.74, 6) is -0.385. The van der Waals surface area contributed by atoms with E-state index < -0.39 is 10.8 Å². The molecule has 1 fully saturated rings. The highest BCUT2D eigenvalue weighted by molar-refractivity contribution is 6.24. The maximum atomic E-state index is 10.4. The molecule has 10 heavy (non-hydrogen) atoms. The molecule has 1 aromatic heterocycles. The van der Waals surface area contributed by atoms with Gasteiger partial charge < -0.3 is 4.74 Å². The van der Waals surface area contributed by atoms with Gasteiger partial charge in [-0.05, 0) is 0 Å². The fraction of sp³-hybridized carbons (Fsp3) is 0.500.